The predicted molar refractivity (Wildman–Crippen MR) is 136 cm³/mol. The van der Waals surface area contributed by atoms with Crippen molar-refractivity contribution in [2.24, 2.45) is 17.6 Å². The molecule has 2 fully saturated rings. The van der Waals surface area contributed by atoms with Crippen LogP contribution in [0.2, 0.25) is 0 Å². The number of carbonyl (C=O) groups excluding carboxylic acids is 1. The highest BCUT2D eigenvalue weighted by Crippen LogP contribution is 2.43. The number of rotatable bonds is 7. The first-order valence-electron chi connectivity index (χ1n) is 12.5. The molecule has 1 saturated carbocycles. The number of hydrogen-bond acceptors (Lipinski definition) is 9. The largest absolute Gasteiger partial charge is 0.447 e. The third kappa shape index (κ3) is 4.56. The molecule has 36 heavy (non-hydrogen) atoms. The van der Waals surface area contributed by atoms with E-state index in [1.807, 2.05) is 26.2 Å². The molecule has 4 heterocycles. The SMILES string of the molecule is CC(C)(COC(N)=O)Nc1nc(N2CC3C=C(c4ncc(C5CC5)cn4)CC3C2)nc2c1S(=O)CC2. The van der Waals surface area contributed by atoms with Gasteiger partial charge in [0, 0.05) is 37.7 Å². The fourth-order valence-corrected chi connectivity index (χ4v) is 6.69. The Labute approximate surface area is 212 Å². The number of amides is 1. The Kier molecular flexibility index (Phi) is 5.70. The fraction of sp³-hybridized carbons (Fsp3) is 0.560. The maximum Gasteiger partial charge on any atom is 0.404 e. The maximum absolute atomic E-state index is 12.7. The van der Waals surface area contributed by atoms with Gasteiger partial charge < -0.3 is 20.7 Å². The summed E-state index contributed by atoms with van der Waals surface area (Å²) in [6, 6.07) is 0. The Hall–Kier alpha value is -3.08. The molecule has 6 rings (SSSR count). The lowest BCUT2D eigenvalue weighted by Gasteiger charge is -2.28. The minimum Gasteiger partial charge on any atom is -0.447 e. The van der Waals surface area contributed by atoms with Gasteiger partial charge in [-0.3, -0.25) is 4.21 Å². The molecule has 1 saturated heterocycles. The molecular formula is C25H31N7O3S. The highest BCUT2D eigenvalue weighted by molar-refractivity contribution is 7.85. The van der Waals surface area contributed by atoms with Gasteiger partial charge in [-0.2, -0.15) is 4.98 Å². The number of anilines is 2. The summed E-state index contributed by atoms with van der Waals surface area (Å²) in [5.74, 6) is 4.11. The Bertz CT molecular complexity index is 1260. The number of nitrogens with two attached hydrogens (primary N) is 1. The van der Waals surface area contributed by atoms with E-state index in [2.05, 4.69) is 26.3 Å². The fourth-order valence-electron chi connectivity index (χ4n) is 5.39. The Morgan fingerprint density at radius 2 is 2.03 bits per heavy atom. The summed E-state index contributed by atoms with van der Waals surface area (Å²) in [5.41, 5.74) is 7.81. The van der Waals surface area contributed by atoms with E-state index < -0.39 is 22.4 Å². The first kappa shape index (κ1) is 23.3. The van der Waals surface area contributed by atoms with Crippen LogP contribution in [0.3, 0.4) is 0 Å². The standard InChI is InChI=1S/C25H31N7O3S/c1-25(2,13-35-23(26)33)31-22-20-19(5-6-36(20)34)29-24(30-22)32-11-16-7-15(8-17(16)12-32)21-27-9-18(10-28-21)14-3-4-14/h7,9-10,14,16-17H,3-6,8,11-13H2,1-2H3,(H2,26,33)(H,29,30,31). The topological polar surface area (TPSA) is 136 Å². The molecule has 4 aliphatic rings. The number of fused-ring (bicyclic) bond motifs is 2. The summed E-state index contributed by atoms with van der Waals surface area (Å²) in [7, 11) is -1.16. The van der Waals surface area contributed by atoms with Crippen LogP contribution >= 0.6 is 0 Å². The number of ether oxygens (including phenoxy) is 1. The Morgan fingerprint density at radius 1 is 1.25 bits per heavy atom. The van der Waals surface area contributed by atoms with Crippen LogP contribution in [0.15, 0.2) is 23.4 Å². The van der Waals surface area contributed by atoms with Crippen molar-refractivity contribution in [3.63, 3.8) is 0 Å². The van der Waals surface area contributed by atoms with Gasteiger partial charge in [0.2, 0.25) is 5.95 Å². The summed E-state index contributed by atoms with van der Waals surface area (Å²) in [6.45, 7) is 5.50. The second-order valence-corrected chi connectivity index (χ2v) is 12.4. The zero-order valence-corrected chi connectivity index (χ0v) is 21.4. The summed E-state index contributed by atoms with van der Waals surface area (Å²) < 4.78 is 17.7. The summed E-state index contributed by atoms with van der Waals surface area (Å²) in [5, 5.41) is 3.33. The Balaban J connectivity index is 1.20. The van der Waals surface area contributed by atoms with Crippen molar-refractivity contribution < 1.29 is 13.7 Å². The van der Waals surface area contributed by atoms with Gasteiger partial charge in [-0.25, -0.2) is 19.7 Å². The molecule has 0 spiro atoms. The van der Waals surface area contributed by atoms with Gasteiger partial charge in [-0.15, -0.1) is 0 Å². The van der Waals surface area contributed by atoms with E-state index in [0.717, 1.165) is 31.0 Å². The number of nitrogens with zero attached hydrogens (tertiary/aromatic N) is 5. The van der Waals surface area contributed by atoms with Gasteiger partial charge >= 0.3 is 6.09 Å². The maximum atomic E-state index is 12.7. The number of nitrogens with one attached hydrogen (secondary N) is 1. The predicted octanol–water partition coefficient (Wildman–Crippen LogP) is 2.63. The van der Waals surface area contributed by atoms with Crippen LogP contribution in [0.4, 0.5) is 16.6 Å². The van der Waals surface area contributed by atoms with Crippen LogP contribution in [0, 0.1) is 11.8 Å². The molecular weight excluding hydrogens is 478 g/mol. The van der Waals surface area contributed by atoms with Gasteiger partial charge in [0.25, 0.3) is 0 Å². The number of hydrogen-bond donors (Lipinski definition) is 2. The minimum absolute atomic E-state index is 0.0637. The molecule has 3 N–H and O–H groups in total. The zero-order valence-electron chi connectivity index (χ0n) is 20.6. The zero-order chi connectivity index (χ0) is 25.0. The summed E-state index contributed by atoms with van der Waals surface area (Å²) in [6.07, 6.45) is 9.58. The molecule has 0 aromatic carbocycles. The average molecular weight is 510 g/mol. The molecule has 3 atom stereocenters. The van der Waals surface area contributed by atoms with E-state index in [0.29, 0.717) is 46.6 Å². The molecule has 10 nitrogen and oxygen atoms in total. The quantitative estimate of drug-likeness (QED) is 0.577. The molecule has 1 amide bonds. The van der Waals surface area contributed by atoms with Crippen molar-refractivity contribution in [1.82, 2.24) is 19.9 Å². The van der Waals surface area contributed by atoms with E-state index in [1.54, 1.807) is 0 Å². The van der Waals surface area contributed by atoms with E-state index in [1.165, 1.54) is 24.0 Å². The average Bonchev–Trinajstić information content (AvgIpc) is 3.34. The van der Waals surface area contributed by atoms with Gasteiger partial charge in [0.15, 0.2) is 5.82 Å². The van der Waals surface area contributed by atoms with E-state index in [-0.39, 0.29) is 6.61 Å². The number of carbonyl (C=O) groups is 1. The third-order valence-corrected chi connectivity index (χ3v) is 8.85. The smallest absolute Gasteiger partial charge is 0.404 e. The van der Waals surface area contributed by atoms with Crippen molar-refractivity contribution in [3.8, 4) is 0 Å². The first-order valence-corrected chi connectivity index (χ1v) is 13.9. The molecule has 2 aliphatic heterocycles. The lowest BCUT2D eigenvalue weighted by Crippen LogP contribution is -2.39. The van der Waals surface area contributed by atoms with Gasteiger partial charge in [-0.05, 0) is 62.0 Å². The van der Waals surface area contributed by atoms with Crippen molar-refractivity contribution in [2.45, 2.75) is 55.9 Å². The molecule has 2 aromatic rings. The number of primary amides is 1. The minimum atomic E-state index is -1.16. The van der Waals surface area contributed by atoms with Crippen molar-refractivity contribution in [1.29, 1.82) is 0 Å². The van der Waals surface area contributed by atoms with Crippen LogP contribution < -0.4 is 16.0 Å². The van der Waals surface area contributed by atoms with Gasteiger partial charge in [0.05, 0.1) is 22.0 Å². The van der Waals surface area contributed by atoms with Crippen LogP contribution in [0.5, 0.6) is 0 Å². The molecule has 11 heteroatoms. The van der Waals surface area contributed by atoms with Crippen molar-refractivity contribution in [3.05, 3.63) is 35.6 Å². The first-order chi connectivity index (χ1) is 17.3. The van der Waals surface area contributed by atoms with Crippen LogP contribution in [0.25, 0.3) is 5.57 Å². The normalized spacial score (nSPS) is 24.9. The summed E-state index contributed by atoms with van der Waals surface area (Å²) >= 11 is 0. The lowest BCUT2D eigenvalue weighted by atomic mass is 10.00. The highest BCUT2D eigenvalue weighted by atomic mass is 32.2. The van der Waals surface area contributed by atoms with Crippen LogP contribution in [0.1, 0.15) is 56.1 Å². The van der Waals surface area contributed by atoms with Crippen LogP contribution in [-0.4, -0.2) is 61.2 Å². The van der Waals surface area contributed by atoms with Crippen molar-refractivity contribution >= 4 is 34.2 Å². The molecule has 190 valence electrons. The van der Waals surface area contributed by atoms with Crippen molar-refractivity contribution in [2.75, 3.05) is 35.7 Å². The van der Waals surface area contributed by atoms with E-state index in [4.69, 9.17) is 20.4 Å². The molecule has 2 aromatic heterocycles. The highest BCUT2D eigenvalue weighted by Gasteiger charge is 2.39. The third-order valence-electron chi connectivity index (χ3n) is 7.39. The monoisotopic (exact) mass is 509 g/mol. The van der Waals surface area contributed by atoms with Gasteiger partial charge in [-0.1, -0.05) is 6.08 Å². The second-order valence-electron chi connectivity index (χ2n) is 10.9. The number of allylic oxidation sites excluding steroid dienone is 1. The van der Waals surface area contributed by atoms with E-state index >= 15 is 0 Å². The molecule has 0 radical (unpaired) electrons. The molecule has 2 aliphatic carbocycles. The second kappa shape index (κ2) is 8.79. The number of aromatic nitrogens is 4. The van der Waals surface area contributed by atoms with Crippen LogP contribution in [-0.2, 0) is 22.0 Å². The summed E-state index contributed by atoms with van der Waals surface area (Å²) in [4.78, 5) is 32.9. The van der Waals surface area contributed by atoms with Gasteiger partial charge in [0.1, 0.15) is 17.3 Å². The van der Waals surface area contributed by atoms with E-state index in [9.17, 15) is 9.00 Å². The lowest BCUT2D eigenvalue weighted by molar-refractivity contribution is 0.138. The molecule has 0 bridgehead atoms. The number of aryl methyl sites for hydroxylation is 1. The Morgan fingerprint density at radius 3 is 2.72 bits per heavy atom. The molecule has 3 unspecified atom stereocenters.